The van der Waals surface area contributed by atoms with Crippen LogP contribution in [0.15, 0.2) is 16.7 Å². The lowest BCUT2D eigenvalue weighted by Gasteiger charge is -2.16. The van der Waals surface area contributed by atoms with E-state index in [9.17, 15) is 4.79 Å². The number of hydrogen-bond donors (Lipinski definition) is 1. The van der Waals surface area contributed by atoms with Crippen LogP contribution in [0.4, 0.5) is 0 Å². The number of likely N-dealkylation sites (tertiary alicyclic amines) is 1. The molecule has 18 heavy (non-hydrogen) atoms. The zero-order valence-electron chi connectivity index (χ0n) is 10.6. The molecule has 4 nitrogen and oxygen atoms in total. The summed E-state index contributed by atoms with van der Waals surface area (Å²) in [4.78, 5) is 14.2. The number of nitrogens with one attached hydrogen (secondary N) is 1. The SMILES string of the molecule is CNCC1CCN(C(=O)c2cc(Br)cn2C)C1.Cl. The van der Waals surface area contributed by atoms with Crippen molar-refractivity contribution in [3.63, 3.8) is 0 Å². The molecule has 1 amide bonds. The molecule has 2 rings (SSSR count). The summed E-state index contributed by atoms with van der Waals surface area (Å²) in [5.74, 6) is 0.726. The zero-order valence-corrected chi connectivity index (χ0v) is 13.1. The van der Waals surface area contributed by atoms with Crippen LogP contribution in [-0.2, 0) is 7.05 Å². The maximum Gasteiger partial charge on any atom is 0.270 e. The van der Waals surface area contributed by atoms with Crippen LogP contribution in [0, 0.1) is 5.92 Å². The van der Waals surface area contributed by atoms with Gasteiger partial charge in [0.25, 0.3) is 5.91 Å². The minimum absolute atomic E-state index is 0. The van der Waals surface area contributed by atoms with Gasteiger partial charge in [-0.2, -0.15) is 0 Å². The molecular weight excluding hydrogens is 318 g/mol. The molecule has 0 spiro atoms. The molecule has 0 radical (unpaired) electrons. The molecule has 1 aliphatic heterocycles. The highest BCUT2D eigenvalue weighted by molar-refractivity contribution is 9.10. The Morgan fingerprint density at radius 3 is 2.89 bits per heavy atom. The molecule has 0 aliphatic carbocycles. The van der Waals surface area contributed by atoms with Crippen LogP contribution in [-0.4, -0.2) is 42.1 Å². The van der Waals surface area contributed by atoms with Crippen molar-refractivity contribution in [1.29, 1.82) is 0 Å². The van der Waals surface area contributed by atoms with Gasteiger partial charge in [-0.3, -0.25) is 4.79 Å². The average Bonchev–Trinajstić information content (AvgIpc) is 2.85. The summed E-state index contributed by atoms with van der Waals surface area (Å²) in [7, 11) is 3.86. The lowest BCUT2D eigenvalue weighted by molar-refractivity contribution is 0.0778. The number of carbonyl (C=O) groups is 1. The Kier molecular flexibility index (Phi) is 5.69. The monoisotopic (exact) mass is 335 g/mol. The maximum atomic E-state index is 12.3. The largest absolute Gasteiger partial charge is 0.345 e. The molecule has 1 aliphatic rings. The van der Waals surface area contributed by atoms with Crippen LogP contribution >= 0.6 is 28.3 Å². The van der Waals surface area contributed by atoms with E-state index in [0.29, 0.717) is 5.92 Å². The number of aromatic nitrogens is 1. The van der Waals surface area contributed by atoms with Gasteiger partial charge in [0.2, 0.25) is 0 Å². The van der Waals surface area contributed by atoms with E-state index in [2.05, 4.69) is 21.2 Å². The van der Waals surface area contributed by atoms with Gasteiger partial charge in [0.05, 0.1) is 0 Å². The minimum atomic E-state index is 0. The fraction of sp³-hybridized carbons (Fsp3) is 0.583. The van der Waals surface area contributed by atoms with Crippen LogP contribution in [0.3, 0.4) is 0 Å². The first kappa shape index (κ1) is 15.5. The topological polar surface area (TPSA) is 37.3 Å². The number of hydrogen-bond acceptors (Lipinski definition) is 2. The maximum absolute atomic E-state index is 12.3. The summed E-state index contributed by atoms with van der Waals surface area (Å²) in [5.41, 5.74) is 0.752. The van der Waals surface area contributed by atoms with Crippen molar-refractivity contribution in [1.82, 2.24) is 14.8 Å². The van der Waals surface area contributed by atoms with E-state index in [1.54, 1.807) is 0 Å². The summed E-state index contributed by atoms with van der Waals surface area (Å²) in [5, 5.41) is 3.17. The van der Waals surface area contributed by atoms with Crippen LogP contribution in [0.2, 0.25) is 0 Å². The Hall–Kier alpha value is -0.520. The van der Waals surface area contributed by atoms with E-state index in [-0.39, 0.29) is 18.3 Å². The van der Waals surface area contributed by atoms with E-state index in [1.165, 1.54) is 0 Å². The quantitative estimate of drug-likeness (QED) is 0.915. The standard InChI is InChI=1S/C12H18BrN3O.ClH/c1-14-6-9-3-4-16(7-9)12(17)11-5-10(13)8-15(11)2;/h5,8-9,14H,3-4,6-7H2,1-2H3;1H. The molecule has 1 fully saturated rings. The fourth-order valence-corrected chi connectivity index (χ4v) is 2.90. The van der Waals surface area contributed by atoms with Gasteiger partial charge in [-0.25, -0.2) is 0 Å². The highest BCUT2D eigenvalue weighted by atomic mass is 79.9. The lowest BCUT2D eigenvalue weighted by atomic mass is 10.1. The van der Waals surface area contributed by atoms with E-state index < -0.39 is 0 Å². The van der Waals surface area contributed by atoms with Gasteiger partial charge in [-0.05, 0) is 47.9 Å². The second-order valence-corrected chi connectivity index (χ2v) is 5.53. The van der Waals surface area contributed by atoms with Crippen molar-refractivity contribution in [2.75, 3.05) is 26.7 Å². The molecule has 0 bridgehead atoms. The van der Waals surface area contributed by atoms with Gasteiger partial charge in [-0.1, -0.05) is 0 Å². The average molecular weight is 337 g/mol. The summed E-state index contributed by atoms with van der Waals surface area (Å²) in [6, 6.07) is 1.88. The number of halogens is 2. The predicted octanol–water partition coefficient (Wildman–Crippen LogP) is 1.89. The van der Waals surface area contributed by atoms with Crippen molar-refractivity contribution in [2.45, 2.75) is 6.42 Å². The number of rotatable bonds is 3. The van der Waals surface area contributed by atoms with E-state index in [4.69, 9.17) is 0 Å². The molecule has 1 unspecified atom stereocenters. The molecule has 1 aromatic rings. The predicted molar refractivity (Wildman–Crippen MR) is 78.3 cm³/mol. The number of nitrogens with zero attached hydrogens (tertiary/aromatic N) is 2. The zero-order chi connectivity index (χ0) is 12.4. The molecule has 1 aromatic heterocycles. The first-order valence-electron chi connectivity index (χ1n) is 5.87. The second kappa shape index (κ2) is 6.59. The summed E-state index contributed by atoms with van der Waals surface area (Å²) >= 11 is 3.40. The van der Waals surface area contributed by atoms with Gasteiger partial charge in [0, 0.05) is 30.8 Å². The molecule has 1 atom stereocenters. The van der Waals surface area contributed by atoms with Gasteiger partial charge in [0.15, 0.2) is 0 Å². The Bertz CT molecular complexity index is 421. The Morgan fingerprint density at radius 1 is 1.61 bits per heavy atom. The smallest absolute Gasteiger partial charge is 0.270 e. The summed E-state index contributed by atoms with van der Waals surface area (Å²) < 4.78 is 2.83. The lowest BCUT2D eigenvalue weighted by Crippen LogP contribution is -2.31. The van der Waals surface area contributed by atoms with Crippen molar-refractivity contribution >= 4 is 34.2 Å². The Balaban J connectivity index is 0.00000162. The third-order valence-corrected chi connectivity index (χ3v) is 3.69. The van der Waals surface area contributed by atoms with Gasteiger partial charge in [0.1, 0.15) is 5.69 Å². The van der Waals surface area contributed by atoms with Gasteiger partial charge in [-0.15, -0.1) is 12.4 Å². The Labute approximate surface area is 122 Å². The van der Waals surface area contributed by atoms with Crippen molar-refractivity contribution in [3.05, 3.63) is 22.4 Å². The molecule has 0 aromatic carbocycles. The number of carbonyl (C=O) groups excluding carboxylic acids is 1. The van der Waals surface area contributed by atoms with Gasteiger partial charge < -0.3 is 14.8 Å². The normalized spacial score (nSPS) is 18.8. The first-order valence-corrected chi connectivity index (χ1v) is 6.67. The van der Waals surface area contributed by atoms with Crippen LogP contribution < -0.4 is 5.32 Å². The third-order valence-electron chi connectivity index (χ3n) is 3.26. The molecular formula is C12H19BrClN3O. The van der Waals surface area contributed by atoms with Crippen LogP contribution in [0.25, 0.3) is 0 Å². The van der Waals surface area contributed by atoms with Crippen LogP contribution in [0.1, 0.15) is 16.9 Å². The number of amides is 1. The van der Waals surface area contributed by atoms with E-state index in [0.717, 1.165) is 36.2 Å². The third kappa shape index (κ3) is 3.28. The van der Waals surface area contributed by atoms with E-state index >= 15 is 0 Å². The molecule has 102 valence electrons. The molecule has 6 heteroatoms. The fourth-order valence-electron chi connectivity index (χ4n) is 2.37. The molecule has 2 heterocycles. The van der Waals surface area contributed by atoms with Crippen LogP contribution in [0.5, 0.6) is 0 Å². The van der Waals surface area contributed by atoms with Crippen molar-refractivity contribution in [2.24, 2.45) is 13.0 Å². The highest BCUT2D eigenvalue weighted by Crippen LogP contribution is 2.20. The second-order valence-electron chi connectivity index (χ2n) is 4.62. The number of aryl methyl sites for hydroxylation is 1. The summed E-state index contributed by atoms with van der Waals surface area (Å²) in [6.45, 7) is 2.72. The van der Waals surface area contributed by atoms with Crippen molar-refractivity contribution in [3.8, 4) is 0 Å². The summed E-state index contributed by atoms with van der Waals surface area (Å²) in [6.07, 6.45) is 3.01. The highest BCUT2D eigenvalue weighted by Gasteiger charge is 2.27. The van der Waals surface area contributed by atoms with Crippen molar-refractivity contribution < 1.29 is 4.79 Å². The molecule has 0 saturated carbocycles. The molecule has 1 N–H and O–H groups in total. The van der Waals surface area contributed by atoms with E-state index in [1.807, 2.05) is 35.8 Å². The first-order chi connectivity index (χ1) is 8.11. The Morgan fingerprint density at radius 2 is 2.33 bits per heavy atom. The molecule has 1 saturated heterocycles. The minimum Gasteiger partial charge on any atom is -0.345 e. The van der Waals surface area contributed by atoms with Gasteiger partial charge >= 0.3 is 0 Å².